The predicted molar refractivity (Wildman–Crippen MR) is 106 cm³/mol. The van der Waals surface area contributed by atoms with Gasteiger partial charge >= 0.3 is 0 Å². The Hall–Kier alpha value is -3.41. The number of nitrogens with zero attached hydrogens (tertiary/aromatic N) is 2. The molecule has 3 rings (SSSR count). The molecular formula is C22H23N3O3. The monoisotopic (exact) mass is 377 g/mol. The summed E-state index contributed by atoms with van der Waals surface area (Å²) in [5, 5.41) is 2.72. The molecule has 0 spiro atoms. The fourth-order valence-electron chi connectivity index (χ4n) is 2.71. The second-order valence-corrected chi connectivity index (χ2v) is 6.51. The van der Waals surface area contributed by atoms with Gasteiger partial charge in [-0.2, -0.15) is 4.99 Å². The molecular weight excluding hydrogens is 354 g/mol. The Morgan fingerprint density at radius 1 is 1.07 bits per heavy atom. The van der Waals surface area contributed by atoms with Crippen molar-refractivity contribution in [2.45, 2.75) is 26.3 Å². The highest BCUT2D eigenvalue weighted by molar-refractivity contribution is 5.91. The fourth-order valence-corrected chi connectivity index (χ4v) is 2.71. The lowest BCUT2D eigenvalue weighted by molar-refractivity contribution is -0.118. The number of amides is 2. The van der Waals surface area contributed by atoms with Gasteiger partial charge in [0.05, 0.1) is 6.26 Å². The van der Waals surface area contributed by atoms with E-state index in [1.807, 2.05) is 29.0 Å². The third-order valence-electron chi connectivity index (χ3n) is 4.23. The second kappa shape index (κ2) is 9.50. The van der Waals surface area contributed by atoms with Crippen molar-refractivity contribution in [1.82, 2.24) is 9.88 Å². The van der Waals surface area contributed by atoms with E-state index in [2.05, 4.69) is 41.5 Å². The van der Waals surface area contributed by atoms with Crippen LogP contribution in [0.25, 0.3) is 0 Å². The van der Waals surface area contributed by atoms with Gasteiger partial charge < -0.3 is 14.3 Å². The minimum Gasteiger partial charge on any atom is -0.459 e. The van der Waals surface area contributed by atoms with E-state index in [9.17, 15) is 9.59 Å². The van der Waals surface area contributed by atoms with Crippen molar-refractivity contribution in [3.8, 4) is 0 Å². The number of benzene rings is 1. The quantitative estimate of drug-likeness (QED) is 0.643. The van der Waals surface area contributed by atoms with Crippen LogP contribution in [0.15, 0.2) is 76.5 Å². The summed E-state index contributed by atoms with van der Waals surface area (Å²) in [4.78, 5) is 28.2. The van der Waals surface area contributed by atoms with Gasteiger partial charge in [-0.3, -0.25) is 9.59 Å². The molecule has 0 saturated carbocycles. The van der Waals surface area contributed by atoms with Crippen molar-refractivity contribution in [3.63, 3.8) is 0 Å². The normalized spacial score (nSPS) is 11.4. The van der Waals surface area contributed by atoms with Gasteiger partial charge in [-0.25, -0.2) is 0 Å². The maximum Gasteiger partial charge on any atom is 0.286 e. The van der Waals surface area contributed by atoms with Crippen molar-refractivity contribution < 1.29 is 14.0 Å². The van der Waals surface area contributed by atoms with Crippen LogP contribution < -0.4 is 10.8 Å². The molecule has 3 aromatic rings. The Bertz CT molecular complexity index is 986. The van der Waals surface area contributed by atoms with E-state index >= 15 is 0 Å². The van der Waals surface area contributed by atoms with Crippen LogP contribution in [0.4, 0.5) is 0 Å². The van der Waals surface area contributed by atoms with Crippen molar-refractivity contribution in [2.75, 3.05) is 6.54 Å². The molecule has 2 heterocycles. The zero-order chi connectivity index (χ0) is 19.8. The molecule has 0 aliphatic carbocycles. The number of pyridine rings is 1. The van der Waals surface area contributed by atoms with E-state index in [-0.39, 0.29) is 24.0 Å². The van der Waals surface area contributed by atoms with Gasteiger partial charge in [0.1, 0.15) is 5.49 Å². The van der Waals surface area contributed by atoms with Crippen LogP contribution in [0.5, 0.6) is 0 Å². The molecule has 1 N–H and O–H groups in total. The Kier molecular flexibility index (Phi) is 6.57. The van der Waals surface area contributed by atoms with Crippen LogP contribution in [0.2, 0.25) is 0 Å². The molecule has 6 heteroatoms. The maximum absolute atomic E-state index is 12.2. The van der Waals surface area contributed by atoms with Gasteiger partial charge in [0.25, 0.3) is 5.91 Å². The number of carbonyl (C=O) groups is 2. The van der Waals surface area contributed by atoms with Crippen molar-refractivity contribution >= 4 is 11.8 Å². The molecule has 0 atom stereocenters. The third-order valence-corrected chi connectivity index (χ3v) is 4.23. The van der Waals surface area contributed by atoms with Crippen LogP contribution in [-0.2, 0) is 11.3 Å². The Labute approximate surface area is 163 Å². The summed E-state index contributed by atoms with van der Waals surface area (Å²) >= 11 is 0. The molecule has 0 aliphatic heterocycles. The second-order valence-electron chi connectivity index (χ2n) is 6.51. The van der Waals surface area contributed by atoms with Crippen LogP contribution >= 0.6 is 0 Å². The minimum atomic E-state index is -0.284. The number of carbonyl (C=O) groups excluding carboxylic acids is 2. The number of nitrogens with one attached hydrogen (secondary N) is 1. The highest BCUT2D eigenvalue weighted by Crippen LogP contribution is 2.04. The SMILES string of the molecule is Cc1ccc(Cn2ccccc2=NC(=O)CCCNC(=O)c2ccco2)cc1. The van der Waals surface area contributed by atoms with E-state index < -0.39 is 0 Å². The Morgan fingerprint density at radius 2 is 1.89 bits per heavy atom. The van der Waals surface area contributed by atoms with Gasteiger partial charge in [-0.15, -0.1) is 0 Å². The zero-order valence-electron chi connectivity index (χ0n) is 15.8. The lowest BCUT2D eigenvalue weighted by Gasteiger charge is -2.08. The van der Waals surface area contributed by atoms with E-state index in [1.54, 1.807) is 12.1 Å². The first-order chi connectivity index (χ1) is 13.6. The molecule has 0 unspecified atom stereocenters. The summed E-state index contributed by atoms with van der Waals surface area (Å²) in [5.74, 6) is -0.234. The number of aryl methyl sites for hydroxylation is 1. The van der Waals surface area contributed by atoms with Crippen LogP contribution in [-0.4, -0.2) is 22.9 Å². The first kappa shape index (κ1) is 19.4. The molecule has 28 heavy (non-hydrogen) atoms. The topological polar surface area (TPSA) is 76.6 Å². The molecule has 2 amide bonds. The average molecular weight is 377 g/mol. The van der Waals surface area contributed by atoms with E-state index in [0.717, 1.165) is 5.56 Å². The summed E-state index contributed by atoms with van der Waals surface area (Å²) in [6.07, 6.45) is 4.13. The molecule has 0 aliphatic rings. The number of rotatable bonds is 7. The van der Waals surface area contributed by atoms with Crippen LogP contribution in [0.1, 0.15) is 34.5 Å². The number of furan rings is 1. The number of aromatic nitrogens is 1. The summed E-state index contributed by atoms with van der Waals surface area (Å²) in [5.41, 5.74) is 2.97. The first-order valence-electron chi connectivity index (χ1n) is 9.22. The number of hydrogen-bond donors (Lipinski definition) is 1. The molecule has 144 valence electrons. The van der Waals surface area contributed by atoms with Crippen LogP contribution in [0, 0.1) is 6.92 Å². The van der Waals surface area contributed by atoms with Gasteiger partial charge in [0.2, 0.25) is 5.91 Å². The van der Waals surface area contributed by atoms with Gasteiger partial charge in [0.15, 0.2) is 5.76 Å². The maximum atomic E-state index is 12.2. The molecule has 0 saturated heterocycles. The molecule has 0 fully saturated rings. The lowest BCUT2D eigenvalue weighted by atomic mass is 10.1. The first-order valence-corrected chi connectivity index (χ1v) is 9.22. The van der Waals surface area contributed by atoms with Gasteiger partial charge in [-0.05, 0) is 43.2 Å². The third kappa shape index (κ3) is 5.54. The molecule has 1 aromatic carbocycles. The van der Waals surface area contributed by atoms with Gasteiger partial charge in [-0.1, -0.05) is 35.9 Å². The van der Waals surface area contributed by atoms with Crippen molar-refractivity contribution in [3.05, 3.63) is 89.4 Å². The summed E-state index contributed by atoms with van der Waals surface area (Å²) < 4.78 is 6.97. The number of hydrogen-bond acceptors (Lipinski definition) is 3. The smallest absolute Gasteiger partial charge is 0.286 e. The molecule has 6 nitrogen and oxygen atoms in total. The Morgan fingerprint density at radius 3 is 2.64 bits per heavy atom. The highest BCUT2D eigenvalue weighted by atomic mass is 16.3. The van der Waals surface area contributed by atoms with E-state index in [1.165, 1.54) is 11.8 Å². The summed E-state index contributed by atoms with van der Waals surface area (Å²) in [7, 11) is 0. The Balaban J connectivity index is 1.56. The van der Waals surface area contributed by atoms with Gasteiger partial charge in [0, 0.05) is 25.7 Å². The predicted octanol–water partition coefficient (Wildman–Crippen LogP) is 3.08. The molecule has 0 bridgehead atoms. The van der Waals surface area contributed by atoms with Crippen molar-refractivity contribution in [2.24, 2.45) is 4.99 Å². The highest BCUT2D eigenvalue weighted by Gasteiger charge is 2.07. The van der Waals surface area contributed by atoms with Crippen LogP contribution in [0.3, 0.4) is 0 Å². The van der Waals surface area contributed by atoms with E-state index in [4.69, 9.17) is 4.42 Å². The standard InChI is InChI=1S/C22H23N3O3/c1-17-9-11-18(12-10-17)16-25-14-3-2-7-20(25)24-21(26)8-4-13-23-22(27)19-6-5-15-28-19/h2-3,5-7,9-12,14-15H,4,8,13,16H2,1H3,(H,23,27). The lowest BCUT2D eigenvalue weighted by Crippen LogP contribution is -2.25. The molecule has 2 aromatic heterocycles. The zero-order valence-corrected chi connectivity index (χ0v) is 15.8. The van der Waals surface area contributed by atoms with Crippen molar-refractivity contribution in [1.29, 1.82) is 0 Å². The average Bonchev–Trinajstić information content (AvgIpc) is 3.23. The molecule has 0 radical (unpaired) electrons. The summed E-state index contributed by atoms with van der Waals surface area (Å²) in [6.45, 7) is 3.08. The van der Waals surface area contributed by atoms with E-state index in [0.29, 0.717) is 25.0 Å². The fraction of sp³-hybridized carbons (Fsp3) is 0.227. The summed E-state index contributed by atoms with van der Waals surface area (Å²) in [6, 6.07) is 17.1. The minimum absolute atomic E-state index is 0.212. The largest absolute Gasteiger partial charge is 0.459 e.